The lowest BCUT2D eigenvalue weighted by Crippen LogP contribution is -2.35. The van der Waals surface area contributed by atoms with Crippen molar-refractivity contribution in [2.45, 2.75) is 33.4 Å². The van der Waals surface area contributed by atoms with Crippen LogP contribution in [0.5, 0.6) is 0 Å². The SMILES string of the molecule is CCN(CC)c1ccc(C(=O)O[C@H](C)C(=O)NCc2ccccc2)cc1. The van der Waals surface area contributed by atoms with Gasteiger partial charge in [0.1, 0.15) is 0 Å². The van der Waals surface area contributed by atoms with Crippen LogP contribution in [0.4, 0.5) is 5.69 Å². The Morgan fingerprint density at radius 1 is 1.00 bits per heavy atom. The van der Waals surface area contributed by atoms with Crippen LogP contribution in [0.3, 0.4) is 0 Å². The van der Waals surface area contributed by atoms with E-state index in [-0.39, 0.29) is 5.91 Å². The van der Waals surface area contributed by atoms with Gasteiger partial charge in [0.2, 0.25) is 0 Å². The van der Waals surface area contributed by atoms with Gasteiger partial charge in [-0.2, -0.15) is 0 Å². The number of anilines is 1. The van der Waals surface area contributed by atoms with E-state index >= 15 is 0 Å². The van der Waals surface area contributed by atoms with E-state index in [1.165, 1.54) is 0 Å². The van der Waals surface area contributed by atoms with Crippen molar-refractivity contribution in [2.75, 3.05) is 18.0 Å². The number of hydrogen-bond donors (Lipinski definition) is 1. The van der Waals surface area contributed by atoms with Gasteiger partial charge >= 0.3 is 5.97 Å². The third-order valence-electron chi connectivity index (χ3n) is 4.19. The molecule has 0 radical (unpaired) electrons. The monoisotopic (exact) mass is 354 g/mol. The molecule has 1 amide bonds. The molecule has 0 spiro atoms. The number of hydrogen-bond acceptors (Lipinski definition) is 4. The zero-order valence-corrected chi connectivity index (χ0v) is 15.6. The summed E-state index contributed by atoms with van der Waals surface area (Å²) >= 11 is 0. The molecule has 1 N–H and O–H groups in total. The number of rotatable bonds is 8. The van der Waals surface area contributed by atoms with Gasteiger partial charge in [-0.1, -0.05) is 30.3 Å². The third kappa shape index (κ3) is 5.34. The summed E-state index contributed by atoms with van der Waals surface area (Å²) in [7, 11) is 0. The molecule has 26 heavy (non-hydrogen) atoms. The minimum Gasteiger partial charge on any atom is -0.449 e. The molecule has 0 unspecified atom stereocenters. The van der Waals surface area contributed by atoms with Crippen molar-refractivity contribution in [3.8, 4) is 0 Å². The van der Waals surface area contributed by atoms with Crippen LogP contribution >= 0.6 is 0 Å². The average molecular weight is 354 g/mol. The molecule has 0 saturated carbocycles. The first-order valence-electron chi connectivity index (χ1n) is 8.92. The van der Waals surface area contributed by atoms with E-state index < -0.39 is 12.1 Å². The van der Waals surface area contributed by atoms with Crippen LogP contribution in [-0.4, -0.2) is 31.1 Å². The minimum absolute atomic E-state index is 0.318. The Labute approximate surface area is 155 Å². The number of benzene rings is 2. The van der Waals surface area contributed by atoms with Gasteiger partial charge in [-0.25, -0.2) is 4.79 Å². The van der Waals surface area contributed by atoms with Crippen molar-refractivity contribution in [3.63, 3.8) is 0 Å². The molecule has 0 aromatic heterocycles. The Balaban J connectivity index is 1.88. The van der Waals surface area contributed by atoms with Crippen LogP contribution in [-0.2, 0) is 16.1 Å². The molecule has 2 aromatic rings. The van der Waals surface area contributed by atoms with Crippen LogP contribution < -0.4 is 10.2 Å². The summed E-state index contributed by atoms with van der Waals surface area (Å²) in [5.41, 5.74) is 2.48. The summed E-state index contributed by atoms with van der Waals surface area (Å²) in [4.78, 5) is 26.5. The zero-order valence-electron chi connectivity index (χ0n) is 15.6. The second-order valence-electron chi connectivity index (χ2n) is 5.97. The summed E-state index contributed by atoms with van der Waals surface area (Å²) in [6.07, 6.45) is -0.853. The average Bonchev–Trinajstić information content (AvgIpc) is 2.68. The molecule has 0 heterocycles. The predicted octanol–water partition coefficient (Wildman–Crippen LogP) is 3.39. The molecule has 0 fully saturated rings. The standard InChI is InChI=1S/C21H26N2O3/c1-4-23(5-2)19-13-11-18(12-14-19)21(25)26-16(3)20(24)22-15-17-9-7-6-8-10-17/h6-14,16H,4-5,15H2,1-3H3,(H,22,24)/t16-/m1/s1. The van der Waals surface area contributed by atoms with Gasteiger partial charge in [0.15, 0.2) is 6.10 Å². The summed E-state index contributed by atoms with van der Waals surface area (Å²) in [5, 5.41) is 2.77. The fourth-order valence-corrected chi connectivity index (χ4v) is 2.61. The van der Waals surface area contributed by atoms with Gasteiger partial charge in [-0.3, -0.25) is 4.79 Å². The fourth-order valence-electron chi connectivity index (χ4n) is 2.61. The molecule has 0 aliphatic carbocycles. The first-order chi connectivity index (χ1) is 12.5. The first-order valence-corrected chi connectivity index (χ1v) is 8.92. The summed E-state index contributed by atoms with van der Waals surface area (Å²) in [5.74, 6) is -0.819. The maximum absolute atomic E-state index is 12.2. The lowest BCUT2D eigenvalue weighted by molar-refractivity contribution is -0.129. The predicted molar refractivity (Wildman–Crippen MR) is 103 cm³/mol. The molecule has 5 heteroatoms. The quantitative estimate of drug-likeness (QED) is 0.738. The van der Waals surface area contributed by atoms with E-state index in [1.54, 1.807) is 19.1 Å². The zero-order chi connectivity index (χ0) is 18.9. The molecule has 0 aliphatic rings. The van der Waals surface area contributed by atoms with Gasteiger partial charge in [-0.15, -0.1) is 0 Å². The van der Waals surface area contributed by atoms with Crippen molar-refractivity contribution in [1.29, 1.82) is 0 Å². The van der Waals surface area contributed by atoms with Crippen LogP contribution in [0.15, 0.2) is 54.6 Å². The number of carbonyl (C=O) groups excluding carboxylic acids is 2. The van der Waals surface area contributed by atoms with Gasteiger partial charge in [-0.05, 0) is 50.6 Å². The van der Waals surface area contributed by atoms with E-state index in [9.17, 15) is 9.59 Å². The van der Waals surface area contributed by atoms with Crippen LogP contribution in [0, 0.1) is 0 Å². The lowest BCUT2D eigenvalue weighted by Gasteiger charge is -2.21. The van der Waals surface area contributed by atoms with E-state index in [0.29, 0.717) is 12.1 Å². The van der Waals surface area contributed by atoms with Crippen LogP contribution in [0.2, 0.25) is 0 Å². The number of esters is 1. The van der Waals surface area contributed by atoms with Crippen LogP contribution in [0.1, 0.15) is 36.7 Å². The smallest absolute Gasteiger partial charge is 0.338 e. The van der Waals surface area contributed by atoms with Crippen molar-refractivity contribution in [1.82, 2.24) is 5.32 Å². The van der Waals surface area contributed by atoms with Crippen molar-refractivity contribution >= 4 is 17.6 Å². The molecule has 0 aliphatic heterocycles. The molecule has 138 valence electrons. The molecule has 2 aromatic carbocycles. The summed E-state index contributed by atoms with van der Waals surface area (Å²) in [6.45, 7) is 7.95. The Bertz CT molecular complexity index is 710. The largest absolute Gasteiger partial charge is 0.449 e. The van der Waals surface area contributed by atoms with E-state index in [4.69, 9.17) is 4.74 Å². The van der Waals surface area contributed by atoms with Crippen LogP contribution in [0.25, 0.3) is 0 Å². The number of nitrogens with one attached hydrogen (secondary N) is 1. The van der Waals surface area contributed by atoms with E-state index in [0.717, 1.165) is 24.3 Å². The second-order valence-corrected chi connectivity index (χ2v) is 5.97. The number of carbonyl (C=O) groups is 2. The highest BCUT2D eigenvalue weighted by Gasteiger charge is 2.18. The highest BCUT2D eigenvalue weighted by molar-refractivity contribution is 5.92. The molecule has 2 rings (SSSR count). The van der Waals surface area contributed by atoms with E-state index in [2.05, 4.69) is 24.1 Å². The Hall–Kier alpha value is -2.82. The van der Waals surface area contributed by atoms with Crippen molar-refractivity contribution in [2.24, 2.45) is 0 Å². The summed E-state index contributed by atoms with van der Waals surface area (Å²) in [6, 6.07) is 16.8. The molecule has 0 saturated heterocycles. The first kappa shape index (κ1) is 19.5. The third-order valence-corrected chi connectivity index (χ3v) is 4.19. The maximum Gasteiger partial charge on any atom is 0.338 e. The number of amides is 1. The number of nitrogens with zero attached hydrogens (tertiary/aromatic N) is 1. The lowest BCUT2D eigenvalue weighted by atomic mass is 10.2. The van der Waals surface area contributed by atoms with Gasteiger partial charge in [0.05, 0.1) is 5.56 Å². The molecule has 0 bridgehead atoms. The molecule has 5 nitrogen and oxygen atoms in total. The van der Waals surface area contributed by atoms with Crippen molar-refractivity contribution < 1.29 is 14.3 Å². The van der Waals surface area contributed by atoms with E-state index in [1.807, 2.05) is 42.5 Å². The second kappa shape index (κ2) is 9.61. The van der Waals surface area contributed by atoms with Gasteiger partial charge in [0.25, 0.3) is 5.91 Å². The van der Waals surface area contributed by atoms with Gasteiger partial charge < -0.3 is 15.0 Å². The summed E-state index contributed by atoms with van der Waals surface area (Å²) < 4.78 is 5.28. The normalized spacial score (nSPS) is 11.5. The minimum atomic E-state index is -0.853. The fraction of sp³-hybridized carbons (Fsp3) is 0.333. The highest BCUT2D eigenvalue weighted by Crippen LogP contribution is 2.16. The molecular weight excluding hydrogens is 328 g/mol. The Morgan fingerprint density at radius 3 is 2.19 bits per heavy atom. The Morgan fingerprint density at radius 2 is 1.62 bits per heavy atom. The van der Waals surface area contributed by atoms with Gasteiger partial charge in [0, 0.05) is 25.3 Å². The molecule has 1 atom stereocenters. The highest BCUT2D eigenvalue weighted by atomic mass is 16.5. The number of ether oxygens (including phenoxy) is 1. The topological polar surface area (TPSA) is 58.6 Å². The molecular formula is C21H26N2O3. The Kier molecular flexibility index (Phi) is 7.21. The maximum atomic E-state index is 12.2. The van der Waals surface area contributed by atoms with Crippen molar-refractivity contribution in [3.05, 3.63) is 65.7 Å².